The summed E-state index contributed by atoms with van der Waals surface area (Å²) in [5.74, 6) is 0.503. The zero-order chi connectivity index (χ0) is 14.5. The number of anilines is 1. The summed E-state index contributed by atoms with van der Waals surface area (Å²) in [6, 6.07) is 9.67. The highest BCUT2D eigenvalue weighted by atomic mass is 127. The lowest BCUT2D eigenvalue weighted by molar-refractivity contribution is -0.125. The van der Waals surface area contributed by atoms with E-state index in [4.69, 9.17) is 4.74 Å². The molecule has 20 heavy (non-hydrogen) atoms. The van der Waals surface area contributed by atoms with E-state index in [2.05, 4.69) is 33.0 Å². The molecule has 0 bridgehead atoms. The van der Waals surface area contributed by atoms with E-state index in [0.717, 1.165) is 9.26 Å². The molecule has 2 aromatic rings. The number of carbonyl (C=O) groups excluding carboxylic acids is 1. The third-order valence-corrected chi connectivity index (χ3v) is 3.70. The molecule has 0 aliphatic rings. The lowest BCUT2D eigenvalue weighted by Gasteiger charge is -2.14. The van der Waals surface area contributed by atoms with Gasteiger partial charge in [-0.1, -0.05) is 25.1 Å². The number of hydrogen-bond acceptors (Lipinski definition) is 3. The van der Waals surface area contributed by atoms with Crippen LogP contribution in [-0.2, 0) is 9.53 Å². The molecule has 0 radical (unpaired) electrons. The van der Waals surface area contributed by atoms with Gasteiger partial charge in [0.25, 0.3) is 5.91 Å². The smallest absolute Gasteiger partial charge is 0.254 e. The Balaban J connectivity index is 2.29. The minimum atomic E-state index is -0.454. The minimum absolute atomic E-state index is 0.161. The predicted octanol–water partition coefficient (Wildman–Crippen LogP) is 2.84. The van der Waals surface area contributed by atoms with Gasteiger partial charge in [0.1, 0.15) is 11.9 Å². The van der Waals surface area contributed by atoms with Crippen molar-refractivity contribution in [3.63, 3.8) is 0 Å². The molecule has 5 nitrogen and oxygen atoms in total. The Morgan fingerprint density at radius 2 is 2.15 bits per heavy atom. The Bertz CT molecular complexity index is 579. The van der Waals surface area contributed by atoms with Crippen LogP contribution in [0.2, 0.25) is 0 Å². The van der Waals surface area contributed by atoms with Crippen LogP contribution in [0.4, 0.5) is 5.82 Å². The third-order valence-electron chi connectivity index (χ3n) is 2.91. The number of nitrogens with one attached hydrogen (secondary N) is 1. The van der Waals surface area contributed by atoms with Crippen LogP contribution in [0, 0.1) is 3.57 Å². The van der Waals surface area contributed by atoms with Crippen LogP contribution in [0.25, 0.3) is 5.69 Å². The second-order valence-corrected chi connectivity index (χ2v) is 5.37. The summed E-state index contributed by atoms with van der Waals surface area (Å²) in [4.78, 5) is 12.1. The SMILES string of the molecule is CCC(OC)C(=O)Nc1c(I)cnn1-c1ccccc1. The number of halogens is 1. The van der Waals surface area contributed by atoms with Crippen molar-refractivity contribution in [3.05, 3.63) is 40.1 Å². The van der Waals surface area contributed by atoms with Gasteiger partial charge in [-0.25, -0.2) is 4.68 Å². The van der Waals surface area contributed by atoms with Crippen molar-refractivity contribution in [2.24, 2.45) is 0 Å². The van der Waals surface area contributed by atoms with Gasteiger partial charge in [-0.3, -0.25) is 4.79 Å². The van der Waals surface area contributed by atoms with Crippen LogP contribution in [-0.4, -0.2) is 28.9 Å². The molecule has 1 atom stereocenters. The van der Waals surface area contributed by atoms with Gasteiger partial charge in [-0.2, -0.15) is 5.10 Å². The molecule has 1 unspecified atom stereocenters. The number of amides is 1. The Kier molecular flexibility index (Phi) is 5.13. The summed E-state index contributed by atoms with van der Waals surface area (Å²) in [7, 11) is 1.53. The topological polar surface area (TPSA) is 56.1 Å². The molecule has 0 aliphatic heterocycles. The van der Waals surface area contributed by atoms with E-state index < -0.39 is 6.10 Å². The minimum Gasteiger partial charge on any atom is -0.372 e. The van der Waals surface area contributed by atoms with Crippen molar-refractivity contribution >= 4 is 34.3 Å². The number of benzene rings is 1. The third kappa shape index (κ3) is 3.18. The Hall–Kier alpha value is -1.41. The van der Waals surface area contributed by atoms with Gasteiger partial charge in [0.05, 0.1) is 15.5 Å². The number of methoxy groups -OCH3 is 1. The van der Waals surface area contributed by atoms with Crippen LogP contribution in [0.15, 0.2) is 36.5 Å². The first kappa shape index (κ1) is 15.0. The Morgan fingerprint density at radius 3 is 2.75 bits per heavy atom. The molecule has 0 saturated heterocycles. The highest BCUT2D eigenvalue weighted by Crippen LogP contribution is 2.22. The molecule has 1 amide bonds. The summed E-state index contributed by atoms with van der Waals surface area (Å²) >= 11 is 2.15. The molecule has 1 N–H and O–H groups in total. The van der Waals surface area contributed by atoms with Crippen molar-refractivity contribution in [1.29, 1.82) is 0 Å². The standard InChI is InChI=1S/C14H16IN3O2/c1-3-12(20-2)14(19)17-13-11(15)9-16-18(13)10-7-5-4-6-8-10/h4-9,12H,3H2,1-2H3,(H,17,19). The first-order chi connectivity index (χ1) is 9.67. The average Bonchev–Trinajstić information content (AvgIpc) is 2.82. The van der Waals surface area contributed by atoms with Gasteiger partial charge in [0, 0.05) is 7.11 Å². The molecule has 0 spiro atoms. The molecular weight excluding hydrogens is 369 g/mol. The molecule has 1 aromatic carbocycles. The molecule has 0 fully saturated rings. The number of nitrogens with zero attached hydrogens (tertiary/aromatic N) is 2. The number of para-hydroxylation sites is 1. The second-order valence-electron chi connectivity index (χ2n) is 4.21. The van der Waals surface area contributed by atoms with E-state index in [1.54, 1.807) is 10.9 Å². The summed E-state index contributed by atoms with van der Waals surface area (Å²) in [5, 5.41) is 7.19. The normalized spacial score (nSPS) is 12.2. The van der Waals surface area contributed by atoms with Gasteiger partial charge in [0.2, 0.25) is 0 Å². The van der Waals surface area contributed by atoms with Crippen LogP contribution in [0.1, 0.15) is 13.3 Å². The van der Waals surface area contributed by atoms with Gasteiger partial charge < -0.3 is 10.1 Å². The number of hydrogen-bond donors (Lipinski definition) is 1. The fourth-order valence-corrected chi connectivity index (χ4v) is 2.35. The number of aromatic nitrogens is 2. The number of carbonyl (C=O) groups is 1. The van der Waals surface area contributed by atoms with E-state index in [0.29, 0.717) is 12.2 Å². The van der Waals surface area contributed by atoms with E-state index in [1.807, 2.05) is 37.3 Å². The fraction of sp³-hybridized carbons (Fsp3) is 0.286. The van der Waals surface area contributed by atoms with E-state index in [1.165, 1.54) is 7.11 Å². The lowest BCUT2D eigenvalue weighted by Crippen LogP contribution is -2.30. The zero-order valence-electron chi connectivity index (χ0n) is 11.3. The highest BCUT2D eigenvalue weighted by Gasteiger charge is 2.19. The molecule has 1 aromatic heterocycles. The maximum atomic E-state index is 12.1. The average molecular weight is 385 g/mol. The molecule has 106 valence electrons. The molecule has 0 saturated carbocycles. The maximum Gasteiger partial charge on any atom is 0.254 e. The fourth-order valence-electron chi connectivity index (χ4n) is 1.86. The van der Waals surface area contributed by atoms with Gasteiger partial charge >= 0.3 is 0 Å². The van der Waals surface area contributed by atoms with Crippen molar-refractivity contribution in [3.8, 4) is 5.69 Å². The van der Waals surface area contributed by atoms with Crippen LogP contribution >= 0.6 is 22.6 Å². The summed E-state index contributed by atoms with van der Waals surface area (Å²) in [6.45, 7) is 1.91. The monoisotopic (exact) mass is 385 g/mol. The van der Waals surface area contributed by atoms with Crippen LogP contribution in [0.5, 0.6) is 0 Å². The lowest BCUT2D eigenvalue weighted by atomic mass is 10.2. The van der Waals surface area contributed by atoms with Gasteiger partial charge in [0.15, 0.2) is 0 Å². The molecule has 1 heterocycles. The molecule has 6 heteroatoms. The van der Waals surface area contributed by atoms with Crippen LogP contribution < -0.4 is 5.32 Å². The summed E-state index contributed by atoms with van der Waals surface area (Å²) < 4.78 is 7.74. The predicted molar refractivity (Wildman–Crippen MR) is 86.0 cm³/mol. The molecule has 2 rings (SSSR count). The first-order valence-electron chi connectivity index (χ1n) is 6.30. The maximum absolute atomic E-state index is 12.1. The number of ether oxygens (including phenoxy) is 1. The van der Waals surface area contributed by atoms with Crippen molar-refractivity contribution in [2.75, 3.05) is 12.4 Å². The van der Waals surface area contributed by atoms with Crippen molar-refractivity contribution in [2.45, 2.75) is 19.4 Å². The van der Waals surface area contributed by atoms with E-state index in [-0.39, 0.29) is 5.91 Å². The van der Waals surface area contributed by atoms with E-state index in [9.17, 15) is 4.79 Å². The Morgan fingerprint density at radius 1 is 1.45 bits per heavy atom. The van der Waals surface area contributed by atoms with Crippen LogP contribution in [0.3, 0.4) is 0 Å². The Labute approximate surface area is 131 Å². The molecule has 0 aliphatic carbocycles. The first-order valence-corrected chi connectivity index (χ1v) is 7.37. The highest BCUT2D eigenvalue weighted by molar-refractivity contribution is 14.1. The summed E-state index contributed by atoms with van der Waals surface area (Å²) in [5.41, 5.74) is 0.899. The zero-order valence-corrected chi connectivity index (χ0v) is 13.5. The largest absolute Gasteiger partial charge is 0.372 e. The van der Waals surface area contributed by atoms with Gasteiger partial charge in [-0.05, 0) is 41.1 Å². The van der Waals surface area contributed by atoms with Gasteiger partial charge in [-0.15, -0.1) is 0 Å². The van der Waals surface area contributed by atoms with Crippen molar-refractivity contribution in [1.82, 2.24) is 9.78 Å². The summed E-state index contributed by atoms with van der Waals surface area (Å²) in [6.07, 6.45) is 1.89. The van der Waals surface area contributed by atoms with Crippen molar-refractivity contribution < 1.29 is 9.53 Å². The quantitative estimate of drug-likeness (QED) is 0.806. The number of rotatable bonds is 5. The second kappa shape index (κ2) is 6.85. The van der Waals surface area contributed by atoms with E-state index >= 15 is 0 Å². The molecular formula is C14H16IN3O2.